The van der Waals surface area contributed by atoms with E-state index < -0.39 is 18.1 Å². The van der Waals surface area contributed by atoms with Gasteiger partial charge in [-0.05, 0) is 12.5 Å². The summed E-state index contributed by atoms with van der Waals surface area (Å²) in [5, 5.41) is 9.04. The second kappa shape index (κ2) is 4.45. The first-order valence-corrected chi connectivity index (χ1v) is 5.42. The standard InChI is InChI=1S/C12H13NO4/c1-2-9(11(14)15)13-7-8-5-3-4-6-10(8)17-12(13)16/h3-6,9H,2,7H2,1H3,(H,14,15). The molecule has 0 fully saturated rings. The van der Waals surface area contributed by atoms with Crippen LogP contribution in [-0.4, -0.2) is 28.1 Å². The molecule has 0 radical (unpaired) electrons. The van der Waals surface area contributed by atoms with Crippen molar-refractivity contribution < 1.29 is 19.4 Å². The van der Waals surface area contributed by atoms with Gasteiger partial charge in [0.05, 0.1) is 6.54 Å². The molecule has 1 heterocycles. The summed E-state index contributed by atoms with van der Waals surface area (Å²) in [4.78, 5) is 24.0. The number of carboxylic acids is 1. The number of carboxylic acid groups (broad SMARTS) is 1. The average Bonchev–Trinajstić information content (AvgIpc) is 2.30. The number of hydrogen-bond donors (Lipinski definition) is 1. The van der Waals surface area contributed by atoms with Crippen molar-refractivity contribution in [1.82, 2.24) is 4.90 Å². The topological polar surface area (TPSA) is 66.8 Å². The second-order valence-corrected chi connectivity index (χ2v) is 3.87. The lowest BCUT2D eigenvalue weighted by atomic mass is 10.1. The van der Waals surface area contributed by atoms with E-state index in [1.54, 1.807) is 19.1 Å². The molecule has 0 saturated heterocycles. The summed E-state index contributed by atoms with van der Waals surface area (Å²) >= 11 is 0. The fraction of sp³-hybridized carbons (Fsp3) is 0.333. The van der Waals surface area contributed by atoms with Crippen LogP contribution in [0.2, 0.25) is 0 Å². The van der Waals surface area contributed by atoms with Crippen LogP contribution in [0.15, 0.2) is 24.3 Å². The van der Waals surface area contributed by atoms with Crippen molar-refractivity contribution in [3.8, 4) is 5.75 Å². The van der Waals surface area contributed by atoms with E-state index in [0.29, 0.717) is 12.2 Å². The molecule has 1 amide bonds. The van der Waals surface area contributed by atoms with Gasteiger partial charge in [-0.25, -0.2) is 9.59 Å². The van der Waals surface area contributed by atoms with Crippen LogP contribution >= 0.6 is 0 Å². The number of hydrogen-bond acceptors (Lipinski definition) is 3. The molecule has 17 heavy (non-hydrogen) atoms. The lowest BCUT2D eigenvalue weighted by Gasteiger charge is -2.31. The van der Waals surface area contributed by atoms with Crippen LogP contribution < -0.4 is 4.74 Å². The molecular weight excluding hydrogens is 222 g/mol. The lowest BCUT2D eigenvalue weighted by Crippen LogP contribution is -2.47. The predicted molar refractivity (Wildman–Crippen MR) is 59.7 cm³/mol. The maximum absolute atomic E-state index is 11.7. The number of rotatable bonds is 3. The van der Waals surface area contributed by atoms with Crippen molar-refractivity contribution in [1.29, 1.82) is 0 Å². The Hall–Kier alpha value is -2.04. The Kier molecular flexibility index (Phi) is 2.99. The van der Waals surface area contributed by atoms with Crippen LogP contribution in [0, 0.1) is 0 Å². The number of fused-ring (bicyclic) bond motifs is 1. The minimum atomic E-state index is -1.01. The molecule has 0 spiro atoms. The summed E-state index contributed by atoms with van der Waals surface area (Å²) in [5.74, 6) is -0.502. The molecule has 0 bridgehead atoms. The lowest BCUT2D eigenvalue weighted by molar-refractivity contribution is -0.143. The van der Waals surface area contributed by atoms with Gasteiger partial charge in [0.2, 0.25) is 0 Å². The molecule has 90 valence electrons. The van der Waals surface area contributed by atoms with Crippen LogP contribution in [0.4, 0.5) is 4.79 Å². The molecule has 1 unspecified atom stereocenters. The molecule has 0 saturated carbocycles. The van der Waals surface area contributed by atoms with E-state index in [2.05, 4.69) is 0 Å². The normalized spacial score (nSPS) is 16.1. The highest BCUT2D eigenvalue weighted by Gasteiger charge is 2.33. The first kappa shape index (κ1) is 11.4. The number of amides is 1. The predicted octanol–water partition coefficient (Wildman–Crippen LogP) is 1.86. The minimum Gasteiger partial charge on any atom is -0.480 e. The summed E-state index contributed by atoms with van der Waals surface area (Å²) in [6.45, 7) is 2.01. The molecular formula is C12H13NO4. The maximum Gasteiger partial charge on any atom is 0.416 e. The van der Waals surface area contributed by atoms with E-state index in [0.717, 1.165) is 5.56 Å². The second-order valence-electron chi connectivity index (χ2n) is 3.87. The number of carbonyl (C=O) groups is 2. The molecule has 1 aromatic rings. The monoisotopic (exact) mass is 235 g/mol. The maximum atomic E-state index is 11.7. The number of nitrogens with zero attached hydrogens (tertiary/aromatic N) is 1. The molecule has 0 aromatic heterocycles. The Balaban J connectivity index is 2.28. The van der Waals surface area contributed by atoms with E-state index in [-0.39, 0.29) is 6.54 Å². The van der Waals surface area contributed by atoms with Crippen molar-refractivity contribution in [2.45, 2.75) is 25.9 Å². The number of carbonyl (C=O) groups excluding carboxylic acids is 1. The molecule has 0 aliphatic carbocycles. The third-order valence-corrected chi connectivity index (χ3v) is 2.79. The van der Waals surface area contributed by atoms with E-state index in [4.69, 9.17) is 9.84 Å². The SMILES string of the molecule is CCC(C(=O)O)N1Cc2ccccc2OC1=O. The number of para-hydroxylation sites is 1. The first-order valence-electron chi connectivity index (χ1n) is 5.42. The van der Waals surface area contributed by atoms with Crippen molar-refractivity contribution in [2.75, 3.05) is 0 Å². The first-order chi connectivity index (χ1) is 8.13. The third-order valence-electron chi connectivity index (χ3n) is 2.79. The van der Waals surface area contributed by atoms with Gasteiger partial charge in [-0.15, -0.1) is 0 Å². The van der Waals surface area contributed by atoms with Gasteiger partial charge in [0.25, 0.3) is 0 Å². The van der Waals surface area contributed by atoms with Crippen LogP contribution in [0.25, 0.3) is 0 Å². The van der Waals surface area contributed by atoms with Crippen molar-refractivity contribution in [3.05, 3.63) is 29.8 Å². The van der Waals surface area contributed by atoms with Gasteiger partial charge < -0.3 is 9.84 Å². The van der Waals surface area contributed by atoms with Crippen LogP contribution in [0.1, 0.15) is 18.9 Å². The van der Waals surface area contributed by atoms with Gasteiger partial charge in [0.15, 0.2) is 0 Å². The Bertz CT molecular complexity index is 458. The smallest absolute Gasteiger partial charge is 0.416 e. The highest BCUT2D eigenvalue weighted by molar-refractivity contribution is 5.82. The highest BCUT2D eigenvalue weighted by atomic mass is 16.6. The quantitative estimate of drug-likeness (QED) is 0.868. The zero-order valence-electron chi connectivity index (χ0n) is 9.42. The van der Waals surface area contributed by atoms with Gasteiger partial charge >= 0.3 is 12.1 Å². The molecule has 2 rings (SSSR count). The van der Waals surface area contributed by atoms with Crippen LogP contribution in [0.5, 0.6) is 5.75 Å². The van der Waals surface area contributed by atoms with Crippen LogP contribution in [-0.2, 0) is 11.3 Å². The summed E-state index contributed by atoms with van der Waals surface area (Å²) in [6, 6.07) is 6.29. The molecule has 1 aliphatic rings. The summed E-state index contributed by atoms with van der Waals surface area (Å²) in [6.07, 6.45) is -0.245. The summed E-state index contributed by atoms with van der Waals surface area (Å²) in [7, 11) is 0. The van der Waals surface area contributed by atoms with Gasteiger partial charge in [0.1, 0.15) is 11.8 Å². The Morgan fingerprint density at radius 1 is 1.53 bits per heavy atom. The number of benzene rings is 1. The molecule has 1 aliphatic heterocycles. The molecule has 1 N–H and O–H groups in total. The molecule has 1 aromatic carbocycles. The van der Waals surface area contributed by atoms with E-state index in [1.807, 2.05) is 12.1 Å². The van der Waals surface area contributed by atoms with Crippen molar-refractivity contribution in [2.24, 2.45) is 0 Å². The van der Waals surface area contributed by atoms with E-state index in [1.165, 1.54) is 4.90 Å². The fourth-order valence-corrected chi connectivity index (χ4v) is 1.90. The number of aliphatic carboxylic acids is 1. The van der Waals surface area contributed by atoms with Gasteiger partial charge in [-0.2, -0.15) is 0 Å². The summed E-state index contributed by atoms with van der Waals surface area (Å²) in [5.41, 5.74) is 0.826. The molecule has 1 atom stereocenters. The van der Waals surface area contributed by atoms with E-state index in [9.17, 15) is 9.59 Å². The third kappa shape index (κ3) is 2.08. The summed E-state index contributed by atoms with van der Waals surface area (Å²) < 4.78 is 5.10. The van der Waals surface area contributed by atoms with Crippen LogP contribution in [0.3, 0.4) is 0 Å². The number of ether oxygens (including phenoxy) is 1. The zero-order valence-corrected chi connectivity index (χ0v) is 9.42. The fourth-order valence-electron chi connectivity index (χ4n) is 1.90. The highest BCUT2D eigenvalue weighted by Crippen LogP contribution is 2.27. The molecule has 5 heteroatoms. The Morgan fingerprint density at radius 2 is 2.24 bits per heavy atom. The van der Waals surface area contributed by atoms with Crippen molar-refractivity contribution in [3.63, 3.8) is 0 Å². The average molecular weight is 235 g/mol. The Morgan fingerprint density at radius 3 is 2.88 bits per heavy atom. The molecule has 5 nitrogen and oxygen atoms in total. The van der Waals surface area contributed by atoms with Gasteiger partial charge in [-0.1, -0.05) is 25.1 Å². The van der Waals surface area contributed by atoms with Crippen molar-refractivity contribution >= 4 is 12.1 Å². The van der Waals surface area contributed by atoms with Gasteiger partial charge in [-0.3, -0.25) is 4.90 Å². The zero-order chi connectivity index (χ0) is 12.4. The largest absolute Gasteiger partial charge is 0.480 e. The van der Waals surface area contributed by atoms with Gasteiger partial charge in [0, 0.05) is 5.56 Å². The minimum absolute atomic E-state index is 0.278. The Labute approximate surface area is 98.6 Å². The van der Waals surface area contributed by atoms with E-state index >= 15 is 0 Å².